The van der Waals surface area contributed by atoms with Gasteiger partial charge < -0.3 is 15.2 Å². The van der Waals surface area contributed by atoms with Crippen LogP contribution in [0.2, 0.25) is 0 Å². The van der Waals surface area contributed by atoms with Crippen LogP contribution in [0.25, 0.3) is 0 Å². The Morgan fingerprint density at radius 2 is 1.90 bits per heavy atom. The van der Waals surface area contributed by atoms with Gasteiger partial charge >= 0.3 is 0 Å². The Morgan fingerprint density at radius 1 is 1.03 bits per heavy atom. The molecule has 3 rings (SSSR count). The largest absolute Gasteiger partial charge is 0.357 e. The Hall–Kier alpha value is -3.09. The third-order valence-corrected chi connectivity index (χ3v) is 4.80. The van der Waals surface area contributed by atoms with Gasteiger partial charge in [0.1, 0.15) is 5.82 Å². The molecule has 0 spiro atoms. The van der Waals surface area contributed by atoms with Gasteiger partial charge in [0, 0.05) is 44.4 Å². The van der Waals surface area contributed by atoms with E-state index in [1.165, 1.54) is 11.1 Å². The van der Waals surface area contributed by atoms with Crippen molar-refractivity contribution in [3.05, 3.63) is 72.1 Å². The number of nitrogens with zero attached hydrogens (tertiary/aromatic N) is 5. The van der Waals surface area contributed by atoms with Gasteiger partial charge in [0.25, 0.3) is 0 Å². The summed E-state index contributed by atoms with van der Waals surface area (Å²) in [6.45, 7) is 8.27. The predicted molar refractivity (Wildman–Crippen MR) is 117 cm³/mol. The summed E-state index contributed by atoms with van der Waals surface area (Å²) in [6.07, 6.45) is 9.87. The molecular formula is C22H31N7. The summed E-state index contributed by atoms with van der Waals surface area (Å²) in [5.41, 5.74) is 2.46. The van der Waals surface area contributed by atoms with E-state index < -0.39 is 0 Å². The SMILES string of the molecule is CCNC(=NCc1ccccc1Cn1cccn1)NCCCCn1ccnc1C. The van der Waals surface area contributed by atoms with Crippen LogP contribution in [0.1, 0.15) is 36.7 Å². The minimum atomic E-state index is 0.640. The van der Waals surface area contributed by atoms with Gasteiger partial charge in [0.2, 0.25) is 0 Å². The van der Waals surface area contributed by atoms with E-state index in [0.717, 1.165) is 50.8 Å². The first-order valence-electron chi connectivity index (χ1n) is 10.3. The highest BCUT2D eigenvalue weighted by Gasteiger charge is 2.04. The van der Waals surface area contributed by atoms with Gasteiger partial charge in [0.05, 0.1) is 13.1 Å². The van der Waals surface area contributed by atoms with Crippen LogP contribution in [-0.2, 0) is 19.6 Å². The minimum Gasteiger partial charge on any atom is -0.357 e. The van der Waals surface area contributed by atoms with Gasteiger partial charge in [-0.1, -0.05) is 24.3 Å². The summed E-state index contributed by atoms with van der Waals surface area (Å²) in [4.78, 5) is 9.05. The Labute approximate surface area is 172 Å². The zero-order valence-corrected chi connectivity index (χ0v) is 17.4. The molecule has 1 aromatic carbocycles. The molecule has 2 heterocycles. The zero-order chi connectivity index (χ0) is 20.3. The van der Waals surface area contributed by atoms with E-state index >= 15 is 0 Å². The summed E-state index contributed by atoms with van der Waals surface area (Å²) in [6, 6.07) is 10.4. The number of aromatic nitrogens is 4. The van der Waals surface area contributed by atoms with E-state index in [9.17, 15) is 0 Å². The highest BCUT2D eigenvalue weighted by atomic mass is 15.3. The monoisotopic (exact) mass is 393 g/mol. The molecule has 0 aliphatic carbocycles. The van der Waals surface area contributed by atoms with E-state index in [-0.39, 0.29) is 0 Å². The third kappa shape index (κ3) is 6.48. The second-order valence-corrected chi connectivity index (χ2v) is 6.97. The second kappa shape index (κ2) is 11.0. The quantitative estimate of drug-likeness (QED) is 0.316. The van der Waals surface area contributed by atoms with Crippen molar-refractivity contribution >= 4 is 5.96 Å². The van der Waals surface area contributed by atoms with E-state index in [1.54, 1.807) is 0 Å². The number of rotatable bonds is 10. The Bertz CT molecular complexity index is 880. The summed E-state index contributed by atoms with van der Waals surface area (Å²) < 4.78 is 4.13. The van der Waals surface area contributed by atoms with Crippen LogP contribution in [0.3, 0.4) is 0 Å². The Kier molecular flexibility index (Phi) is 7.86. The summed E-state index contributed by atoms with van der Waals surface area (Å²) in [7, 11) is 0. The number of aryl methyl sites for hydroxylation is 2. The van der Waals surface area contributed by atoms with Crippen LogP contribution < -0.4 is 10.6 Å². The van der Waals surface area contributed by atoms with Gasteiger partial charge in [-0.15, -0.1) is 0 Å². The lowest BCUT2D eigenvalue weighted by Crippen LogP contribution is -2.37. The number of nitrogens with one attached hydrogen (secondary N) is 2. The lowest BCUT2D eigenvalue weighted by Gasteiger charge is -2.13. The fourth-order valence-corrected chi connectivity index (χ4v) is 3.19. The molecule has 0 radical (unpaired) electrons. The number of guanidine groups is 1. The van der Waals surface area contributed by atoms with Crippen LogP contribution in [0.4, 0.5) is 0 Å². The number of unbranched alkanes of at least 4 members (excludes halogenated alkanes) is 1. The molecule has 7 heteroatoms. The van der Waals surface area contributed by atoms with Crippen molar-refractivity contribution < 1.29 is 0 Å². The van der Waals surface area contributed by atoms with Crippen molar-refractivity contribution in [2.45, 2.75) is 46.3 Å². The fourth-order valence-electron chi connectivity index (χ4n) is 3.19. The number of hydrogen-bond acceptors (Lipinski definition) is 3. The van der Waals surface area contributed by atoms with E-state index in [0.29, 0.717) is 6.54 Å². The van der Waals surface area contributed by atoms with Crippen LogP contribution in [0.5, 0.6) is 0 Å². The first-order chi connectivity index (χ1) is 14.3. The number of benzene rings is 1. The first kappa shape index (κ1) is 20.6. The molecule has 0 aliphatic rings. The van der Waals surface area contributed by atoms with Crippen molar-refractivity contribution in [1.29, 1.82) is 0 Å². The van der Waals surface area contributed by atoms with Gasteiger partial charge in [-0.05, 0) is 43.9 Å². The molecule has 0 atom stereocenters. The fraction of sp³-hybridized carbons (Fsp3) is 0.409. The molecule has 2 N–H and O–H groups in total. The zero-order valence-electron chi connectivity index (χ0n) is 17.4. The molecule has 0 fully saturated rings. The molecule has 0 saturated carbocycles. The highest BCUT2D eigenvalue weighted by Crippen LogP contribution is 2.11. The molecule has 7 nitrogen and oxygen atoms in total. The van der Waals surface area contributed by atoms with Crippen molar-refractivity contribution in [3.8, 4) is 0 Å². The van der Waals surface area contributed by atoms with Gasteiger partial charge in [-0.25, -0.2) is 9.98 Å². The molecule has 0 amide bonds. The molecule has 0 aliphatic heterocycles. The van der Waals surface area contributed by atoms with Crippen LogP contribution in [0.15, 0.2) is 60.1 Å². The van der Waals surface area contributed by atoms with Gasteiger partial charge in [0.15, 0.2) is 5.96 Å². The molecular weight excluding hydrogens is 362 g/mol. The molecule has 0 saturated heterocycles. The topological polar surface area (TPSA) is 72.1 Å². The maximum absolute atomic E-state index is 4.78. The molecule has 0 bridgehead atoms. The van der Waals surface area contributed by atoms with Crippen LogP contribution in [-0.4, -0.2) is 38.4 Å². The average Bonchev–Trinajstić information content (AvgIpc) is 3.38. The maximum Gasteiger partial charge on any atom is 0.191 e. The normalized spacial score (nSPS) is 11.6. The van der Waals surface area contributed by atoms with E-state index in [2.05, 4.69) is 56.5 Å². The van der Waals surface area contributed by atoms with Crippen molar-refractivity contribution in [2.24, 2.45) is 4.99 Å². The lowest BCUT2D eigenvalue weighted by molar-refractivity contribution is 0.588. The lowest BCUT2D eigenvalue weighted by atomic mass is 10.1. The van der Waals surface area contributed by atoms with Crippen molar-refractivity contribution in [1.82, 2.24) is 30.0 Å². The van der Waals surface area contributed by atoms with Gasteiger partial charge in [-0.2, -0.15) is 5.10 Å². The van der Waals surface area contributed by atoms with Crippen molar-refractivity contribution in [3.63, 3.8) is 0 Å². The number of aliphatic imine (C=N–C) groups is 1. The molecule has 2 aromatic heterocycles. The summed E-state index contributed by atoms with van der Waals surface area (Å²) in [5, 5.41) is 11.1. The smallest absolute Gasteiger partial charge is 0.191 e. The Balaban J connectivity index is 1.50. The van der Waals surface area contributed by atoms with E-state index in [1.807, 2.05) is 42.5 Å². The standard InChI is InChI=1S/C22H31N7/c1-3-23-22(25-11-6-7-14-28-16-13-24-19(28)2)26-17-20-9-4-5-10-21(20)18-29-15-8-12-27-29/h4-5,8-10,12-13,15-16H,3,6-7,11,14,17-18H2,1-2H3,(H2,23,25,26). The second-order valence-electron chi connectivity index (χ2n) is 6.97. The molecule has 29 heavy (non-hydrogen) atoms. The molecule has 3 aromatic rings. The summed E-state index contributed by atoms with van der Waals surface area (Å²) in [5.74, 6) is 1.93. The number of hydrogen-bond donors (Lipinski definition) is 2. The average molecular weight is 394 g/mol. The molecule has 154 valence electrons. The number of imidazole rings is 1. The summed E-state index contributed by atoms with van der Waals surface area (Å²) >= 11 is 0. The van der Waals surface area contributed by atoms with Crippen LogP contribution >= 0.6 is 0 Å². The van der Waals surface area contributed by atoms with E-state index in [4.69, 9.17) is 4.99 Å². The van der Waals surface area contributed by atoms with Crippen LogP contribution in [0, 0.1) is 6.92 Å². The van der Waals surface area contributed by atoms with Gasteiger partial charge in [-0.3, -0.25) is 4.68 Å². The highest BCUT2D eigenvalue weighted by molar-refractivity contribution is 5.79. The van der Waals surface area contributed by atoms with Crippen molar-refractivity contribution in [2.75, 3.05) is 13.1 Å². The first-order valence-corrected chi connectivity index (χ1v) is 10.3. The molecule has 0 unspecified atom stereocenters. The Morgan fingerprint density at radius 3 is 2.62 bits per heavy atom. The maximum atomic E-state index is 4.78. The third-order valence-electron chi connectivity index (χ3n) is 4.80. The predicted octanol–water partition coefficient (Wildman–Crippen LogP) is 2.97. The minimum absolute atomic E-state index is 0.640.